The summed E-state index contributed by atoms with van der Waals surface area (Å²) in [4.78, 5) is 0. The highest BCUT2D eigenvalue weighted by molar-refractivity contribution is 5.65. The first kappa shape index (κ1) is 28.3. The van der Waals surface area contributed by atoms with Gasteiger partial charge in [0.1, 0.15) is 0 Å². The van der Waals surface area contributed by atoms with Gasteiger partial charge in [-0.3, -0.25) is 0 Å². The monoisotopic (exact) mass is 536 g/mol. The zero-order valence-electron chi connectivity index (χ0n) is 23.8. The highest BCUT2D eigenvalue weighted by Crippen LogP contribution is 2.46. The molecular formula is C35H46F2O2. The first-order chi connectivity index (χ1) is 19.1. The Hall–Kier alpha value is -2.20. The predicted molar refractivity (Wildman–Crippen MR) is 155 cm³/mol. The van der Waals surface area contributed by atoms with E-state index in [9.17, 15) is 8.78 Å². The molecule has 3 aliphatic rings. The third-order valence-corrected chi connectivity index (χ3v) is 9.88. The van der Waals surface area contributed by atoms with Crippen molar-refractivity contribution in [3.8, 4) is 16.9 Å². The highest BCUT2D eigenvalue weighted by Gasteiger charge is 2.35. The van der Waals surface area contributed by atoms with Crippen LogP contribution in [0.5, 0.6) is 5.75 Å². The number of hydrogen-bond donors (Lipinski definition) is 0. The van der Waals surface area contributed by atoms with Gasteiger partial charge in [-0.1, -0.05) is 43.3 Å². The average Bonchev–Trinajstić information content (AvgIpc) is 2.99. The fourth-order valence-electron chi connectivity index (χ4n) is 7.56. The third-order valence-electron chi connectivity index (χ3n) is 9.88. The molecule has 0 aromatic heterocycles. The molecule has 2 saturated carbocycles. The summed E-state index contributed by atoms with van der Waals surface area (Å²) < 4.78 is 40.7. The van der Waals surface area contributed by atoms with Crippen LogP contribution in [0.2, 0.25) is 0 Å². The van der Waals surface area contributed by atoms with Gasteiger partial charge in [0.25, 0.3) is 0 Å². The van der Waals surface area contributed by atoms with Crippen molar-refractivity contribution in [3.63, 3.8) is 0 Å². The van der Waals surface area contributed by atoms with E-state index in [-0.39, 0.29) is 5.75 Å². The molecule has 0 amide bonds. The fourth-order valence-corrected chi connectivity index (χ4v) is 7.56. The first-order valence-corrected chi connectivity index (χ1v) is 15.5. The molecule has 2 aromatic carbocycles. The van der Waals surface area contributed by atoms with Crippen molar-refractivity contribution in [3.05, 3.63) is 65.7 Å². The molecule has 3 fully saturated rings. The Bertz CT molecular complexity index is 1070. The van der Waals surface area contributed by atoms with Gasteiger partial charge in [0, 0.05) is 5.56 Å². The molecule has 2 aliphatic carbocycles. The quantitative estimate of drug-likeness (QED) is 0.313. The molecule has 0 spiro atoms. The van der Waals surface area contributed by atoms with E-state index in [2.05, 4.69) is 31.2 Å². The fraction of sp³-hybridized carbons (Fsp3) is 0.600. The lowest BCUT2D eigenvalue weighted by Crippen LogP contribution is -2.33. The van der Waals surface area contributed by atoms with Gasteiger partial charge >= 0.3 is 0 Å². The largest absolute Gasteiger partial charge is 0.490 e. The van der Waals surface area contributed by atoms with Crippen LogP contribution in [-0.4, -0.2) is 19.3 Å². The van der Waals surface area contributed by atoms with Crippen LogP contribution in [0.1, 0.15) is 96.0 Å². The van der Waals surface area contributed by atoms with Gasteiger partial charge in [0.15, 0.2) is 11.6 Å². The van der Waals surface area contributed by atoms with Crippen molar-refractivity contribution in [2.75, 3.05) is 13.2 Å². The number of benzene rings is 2. The Labute approximate surface area is 234 Å². The molecule has 2 aromatic rings. The molecule has 0 bridgehead atoms. The summed E-state index contributed by atoms with van der Waals surface area (Å²) >= 11 is 0. The Morgan fingerprint density at radius 2 is 1.38 bits per heavy atom. The minimum Gasteiger partial charge on any atom is -0.490 e. The lowest BCUT2D eigenvalue weighted by atomic mass is 9.66. The second-order valence-electron chi connectivity index (χ2n) is 12.2. The molecule has 1 saturated heterocycles. The van der Waals surface area contributed by atoms with E-state index in [0.717, 1.165) is 36.7 Å². The second-order valence-corrected chi connectivity index (χ2v) is 12.2. The zero-order chi connectivity index (χ0) is 27.2. The van der Waals surface area contributed by atoms with Gasteiger partial charge in [-0.05, 0) is 130 Å². The minimum atomic E-state index is -0.900. The van der Waals surface area contributed by atoms with Gasteiger partial charge in [-0.2, -0.15) is 4.39 Å². The lowest BCUT2D eigenvalue weighted by Gasteiger charge is -2.41. The maximum absolute atomic E-state index is 14.8. The standard InChI is InChI=1S/C35H46F2O2/c1-3-5-31-19-18-30(23-39-31)28-12-10-26(11-13-28)24-6-8-25(9-7-24)27-14-16-29(17-15-27)32-20-21-33(38-22-4-2)35(37)34(32)36/h3,5,14-17,20-21,24-26,28,30-31H,4,6-13,18-19,22-23H2,1-2H3/b5-3+. The van der Waals surface area contributed by atoms with E-state index in [1.165, 1.54) is 75.8 Å². The summed E-state index contributed by atoms with van der Waals surface area (Å²) in [6.07, 6.45) is 18.6. The number of rotatable bonds is 8. The normalized spacial score (nSPS) is 29.9. The van der Waals surface area contributed by atoms with E-state index >= 15 is 0 Å². The summed E-state index contributed by atoms with van der Waals surface area (Å²) in [5.74, 6) is 2.22. The molecule has 1 heterocycles. The van der Waals surface area contributed by atoms with E-state index in [1.807, 2.05) is 19.1 Å². The highest BCUT2D eigenvalue weighted by atomic mass is 19.2. The number of ether oxygens (including phenoxy) is 2. The van der Waals surface area contributed by atoms with Crippen LogP contribution in [0.4, 0.5) is 8.78 Å². The van der Waals surface area contributed by atoms with Crippen LogP contribution < -0.4 is 4.74 Å². The average molecular weight is 537 g/mol. The first-order valence-electron chi connectivity index (χ1n) is 15.5. The van der Waals surface area contributed by atoms with E-state index < -0.39 is 11.6 Å². The topological polar surface area (TPSA) is 18.5 Å². The van der Waals surface area contributed by atoms with Crippen LogP contribution in [0, 0.1) is 35.3 Å². The molecule has 212 valence electrons. The molecule has 0 N–H and O–H groups in total. The molecule has 4 heteroatoms. The van der Waals surface area contributed by atoms with E-state index in [0.29, 0.717) is 29.8 Å². The van der Waals surface area contributed by atoms with E-state index in [1.54, 1.807) is 6.07 Å². The van der Waals surface area contributed by atoms with Crippen molar-refractivity contribution < 1.29 is 18.3 Å². The van der Waals surface area contributed by atoms with Gasteiger partial charge in [-0.25, -0.2) is 4.39 Å². The Morgan fingerprint density at radius 1 is 0.769 bits per heavy atom. The van der Waals surface area contributed by atoms with Crippen molar-refractivity contribution in [2.45, 2.75) is 96.5 Å². The maximum Gasteiger partial charge on any atom is 0.201 e. The van der Waals surface area contributed by atoms with Gasteiger partial charge in [0.05, 0.1) is 19.3 Å². The predicted octanol–water partition coefficient (Wildman–Crippen LogP) is 9.87. The van der Waals surface area contributed by atoms with Gasteiger partial charge in [-0.15, -0.1) is 0 Å². The van der Waals surface area contributed by atoms with Crippen LogP contribution >= 0.6 is 0 Å². The van der Waals surface area contributed by atoms with Crippen LogP contribution in [-0.2, 0) is 4.74 Å². The summed E-state index contributed by atoms with van der Waals surface area (Å²) in [5.41, 5.74) is 2.33. The lowest BCUT2D eigenvalue weighted by molar-refractivity contribution is -0.0190. The molecule has 1 aliphatic heterocycles. The van der Waals surface area contributed by atoms with Crippen molar-refractivity contribution in [1.82, 2.24) is 0 Å². The van der Waals surface area contributed by atoms with Crippen LogP contribution in [0.3, 0.4) is 0 Å². The number of hydrogen-bond acceptors (Lipinski definition) is 2. The molecule has 2 unspecified atom stereocenters. The molecular weight excluding hydrogens is 490 g/mol. The molecule has 2 atom stereocenters. The summed E-state index contributed by atoms with van der Waals surface area (Å²) in [7, 11) is 0. The summed E-state index contributed by atoms with van der Waals surface area (Å²) in [6.45, 7) is 5.35. The smallest absolute Gasteiger partial charge is 0.201 e. The molecule has 5 rings (SSSR count). The third kappa shape index (κ3) is 6.76. The Morgan fingerprint density at radius 3 is 1.97 bits per heavy atom. The van der Waals surface area contributed by atoms with Crippen LogP contribution in [0.15, 0.2) is 48.6 Å². The summed E-state index contributed by atoms with van der Waals surface area (Å²) in [6, 6.07) is 11.3. The maximum atomic E-state index is 14.8. The molecule has 2 nitrogen and oxygen atoms in total. The Kier molecular flexibility index (Phi) is 9.76. The van der Waals surface area contributed by atoms with E-state index in [4.69, 9.17) is 9.47 Å². The molecule has 0 radical (unpaired) electrons. The number of allylic oxidation sites excluding steroid dienone is 1. The minimum absolute atomic E-state index is 0.0128. The summed E-state index contributed by atoms with van der Waals surface area (Å²) in [5, 5.41) is 0. The van der Waals surface area contributed by atoms with Gasteiger partial charge in [0.2, 0.25) is 5.82 Å². The number of halogens is 2. The Balaban J connectivity index is 1.10. The van der Waals surface area contributed by atoms with Crippen molar-refractivity contribution in [1.29, 1.82) is 0 Å². The van der Waals surface area contributed by atoms with Crippen LogP contribution in [0.25, 0.3) is 11.1 Å². The van der Waals surface area contributed by atoms with Crippen molar-refractivity contribution in [2.24, 2.45) is 23.7 Å². The van der Waals surface area contributed by atoms with Crippen molar-refractivity contribution >= 4 is 0 Å². The SMILES string of the molecule is C/C=C/C1CCC(C2CCC(C3CCC(c4ccc(-c5ccc(OCCC)c(F)c5F)cc4)CC3)CC2)CO1. The van der Waals surface area contributed by atoms with Gasteiger partial charge < -0.3 is 9.47 Å². The molecule has 39 heavy (non-hydrogen) atoms. The zero-order valence-corrected chi connectivity index (χ0v) is 23.8. The second kappa shape index (κ2) is 13.4.